The van der Waals surface area contributed by atoms with Crippen molar-refractivity contribution in [3.63, 3.8) is 0 Å². The van der Waals surface area contributed by atoms with Gasteiger partial charge in [0, 0.05) is 6.42 Å². The molecule has 7 heteroatoms. The Bertz CT molecular complexity index is 821. The maximum absolute atomic E-state index is 12.5. The number of hydrazine groups is 1. The Labute approximate surface area is 157 Å². The summed E-state index contributed by atoms with van der Waals surface area (Å²) in [5, 5.41) is 0. The molecule has 7 nitrogen and oxygen atoms in total. The van der Waals surface area contributed by atoms with E-state index >= 15 is 0 Å². The van der Waals surface area contributed by atoms with Crippen molar-refractivity contribution in [1.29, 1.82) is 0 Å². The molecule has 0 saturated carbocycles. The Balaban J connectivity index is 1.52. The number of hydrogen-bond acceptors (Lipinski definition) is 5. The summed E-state index contributed by atoms with van der Waals surface area (Å²) in [6, 6.07) is 15.5. The van der Waals surface area contributed by atoms with E-state index in [0.717, 1.165) is 10.5 Å². The van der Waals surface area contributed by atoms with Gasteiger partial charge in [0.25, 0.3) is 5.91 Å². The first-order valence-electron chi connectivity index (χ1n) is 8.67. The normalized spacial score (nSPS) is 16.5. The van der Waals surface area contributed by atoms with E-state index in [1.807, 2.05) is 30.3 Å². The average molecular weight is 367 g/mol. The molecule has 27 heavy (non-hydrogen) atoms. The number of benzene rings is 2. The molecule has 1 saturated heterocycles. The molecule has 2 aromatic rings. The van der Waals surface area contributed by atoms with Crippen molar-refractivity contribution < 1.29 is 19.1 Å². The number of hydrogen-bond donors (Lipinski definition) is 2. The van der Waals surface area contributed by atoms with E-state index in [2.05, 4.69) is 10.9 Å². The van der Waals surface area contributed by atoms with Gasteiger partial charge in [-0.05, 0) is 36.2 Å². The lowest BCUT2D eigenvalue weighted by molar-refractivity contribution is -0.123. The van der Waals surface area contributed by atoms with Crippen LogP contribution in [0, 0.1) is 0 Å². The van der Waals surface area contributed by atoms with E-state index in [0.29, 0.717) is 17.9 Å². The van der Waals surface area contributed by atoms with Gasteiger partial charge in [-0.25, -0.2) is 10.3 Å². The first-order chi connectivity index (χ1) is 13.1. The predicted octanol–water partition coefficient (Wildman–Crippen LogP) is 1.58. The summed E-state index contributed by atoms with van der Waals surface area (Å²) in [5.74, 6) is -0.310. The van der Waals surface area contributed by atoms with Gasteiger partial charge in [-0.2, -0.15) is 0 Å². The number of carbonyl (C=O) groups is 3. The zero-order valence-corrected chi connectivity index (χ0v) is 15.0. The number of carbonyl (C=O) groups excluding carboxylic acids is 3. The van der Waals surface area contributed by atoms with Crippen LogP contribution in [0.1, 0.15) is 18.4 Å². The molecule has 0 radical (unpaired) electrons. The molecule has 1 aliphatic rings. The van der Waals surface area contributed by atoms with Gasteiger partial charge in [0.1, 0.15) is 11.8 Å². The van der Waals surface area contributed by atoms with Crippen LogP contribution >= 0.6 is 0 Å². The number of aryl methyl sites for hydroxylation is 1. The fourth-order valence-electron chi connectivity index (χ4n) is 2.88. The maximum atomic E-state index is 12.5. The van der Waals surface area contributed by atoms with E-state index in [1.54, 1.807) is 31.4 Å². The number of ether oxygens (including phenoxy) is 1. The third-order valence-corrected chi connectivity index (χ3v) is 4.35. The largest absolute Gasteiger partial charge is 0.497 e. The van der Waals surface area contributed by atoms with Gasteiger partial charge >= 0.3 is 0 Å². The highest BCUT2D eigenvalue weighted by Crippen LogP contribution is 2.24. The van der Waals surface area contributed by atoms with Crippen molar-refractivity contribution in [3.05, 3.63) is 60.2 Å². The van der Waals surface area contributed by atoms with Gasteiger partial charge in [-0.3, -0.25) is 19.8 Å². The van der Waals surface area contributed by atoms with E-state index in [4.69, 9.17) is 4.74 Å². The molecular formula is C20H21N3O4. The summed E-state index contributed by atoms with van der Waals surface area (Å²) >= 11 is 0. The minimum Gasteiger partial charge on any atom is -0.497 e. The Morgan fingerprint density at radius 2 is 1.81 bits per heavy atom. The highest BCUT2D eigenvalue weighted by molar-refractivity contribution is 6.22. The molecule has 1 fully saturated rings. The summed E-state index contributed by atoms with van der Waals surface area (Å²) in [4.78, 5) is 37.9. The first-order valence-corrected chi connectivity index (χ1v) is 8.67. The second-order valence-electron chi connectivity index (χ2n) is 6.20. The van der Waals surface area contributed by atoms with Crippen molar-refractivity contribution in [1.82, 2.24) is 10.9 Å². The standard InChI is InChI=1S/C20H21N3O4/c1-27-16-10-8-15(9-11-16)23-19(25)13-17(20(23)26)21-22-18(24)12-7-14-5-3-2-4-6-14/h2-6,8-11,17,21H,7,12-13H2,1H3,(H,22,24)/t17-/m1/s1. The quantitative estimate of drug-likeness (QED) is 0.573. The smallest absolute Gasteiger partial charge is 0.253 e. The van der Waals surface area contributed by atoms with Crippen molar-refractivity contribution in [2.45, 2.75) is 25.3 Å². The van der Waals surface area contributed by atoms with Crippen molar-refractivity contribution in [2.24, 2.45) is 0 Å². The summed E-state index contributed by atoms with van der Waals surface area (Å²) in [5.41, 5.74) is 6.75. The third-order valence-electron chi connectivity index (χ3n) is 4.35. The number of nitrogens with one attached hydrogen (secondary N) is 2. The number of methoxy groups -OCH3 is 1. The molecule has 140 valence electrons. The Hall–Kier alpha value is -3.19. The molecule has 2 N–H and O–H groups in total. The van der Waals surface area contributed by atoms with Crippen LogP contribution in [0.25, 0.3) is 0 Å². The van der Waals surface area contributed by atoms with E-state index < -0.39 is 11.9 Å². The Morgan fingerprint density at radius 3 is 2.48 bits per heavy atom. The SMILES string of the molecule is COc1ccc(N2C(=O)C[C@@H](NNC(=O)CCc3ccccc3)C2=O)cc1. The lowest BCUT2D eigenvalue weighted by atomic mass is 10.1. The second-order valence-corrected chi connectivity index (χ2v) is 6.20. The van der Waals surface area contributed by atoms with Crippen LogP contribution in [0.2, 0.25) is 0 Å². The van der Waals surface area contributed by atoms with Crippen molar-refractivity contribution in [2.75, 3.05) is 12.0 Å². The lowest BCUT2D eigenvalue weighted by Crippen LogP contribution is -2.48. The molecule has 2 aromatic carbocycles. The zero-order chi connectivity index (χ0) is 19.2. The molecule has 3 amide bonds. The van der Waals surface area contributed by atoms with Crippen LogP contribution in [0.3, 0.4) is 0 Å². The van der Waals surface area contributed by atoms with Crippen LogP contribution in [-0.2, 0) is 20.8 Å². The van der Waals surface area contributed by atoms with Gasteiger partial charge < -0.3 is 4.74 Å². The highest BCUT2D eigenvalue weighted by Gasteiger charge is 2.39. The molecule has 0 aliphatic carbocycles. The summed E-state index contributed by atoms with van der Waals surface area (Å²) in [6.45, 7) is 0. The van der Waals surface area contributed by atoms with Gasteiger partial charge in [-0.1, -0.05) is 30.3 Å². The van der Waals surface area contributed by atoms with E-state index in [9.17, 15) is 14.4 Å². The first kappa shape index (κ1) is 18.6. The molecule has 1 heterocycles. The van der Waals surface area contributed by atoms with Gasteiger partial charge in [0.05, 0.1) is 19.2 Å². The number of nitrogens with zero attached hydrogens (tertiary/aromatic N) is 1. The third kappa shape index (κ3) is 4.51. The van der Waals surface area contributed by atoms with Crippen LogP contribution in [0.5, 0.6) is 5.75 Å². The molecule has 0 unspecified atom stereocenters. The van der Waals surface area contributed by atoms with Gasteiger partial charge in [0.15, 0.2) is 0 Å². The van der Waals surface area contributed by atoms with E-state index in [-0.39, 0.29) is 24.7 Å². The number of imide groups is 1. The molecule has 0 bridgehead atoms. The topological polar surface area (TPSA) is 87.7 Å². The molecule has 1 atom stereocenters. The monoisotopic (exact) mass is 367 g/mol. The van der Waals surface area contributed by atoms with Crippen molar-refractivity contribution in [3.8, 4) is 5.75 Å². The maximum Gasteiger partial charge on any atom is 0.253 e. The average Bonchev–Trinajstić information content (AvgIpc) is 2.99. The number of rotatable bonds is 7. The van der Waals surface area contributed by atoms with Gasteiger partial charge in [-0.15, -0.1) is 0 Å². The van der Waals surface area contributed by atoms with Crippen LogP contribution in [0.15, 0.2) is 54.6 Å². The summed E-state index contributed by atoms with van der Waals surface area (Å²) in [7, 11) is 1.54. The van der Waals surface area contributed by atoms with Gasteiger partial charge in [0.2, 0.25) is 11.8 Å². The summed E-state index contributed by atoms with van der Waals surface area (Å²) in [6.07, 6.45) is 0.877. The van der Waals surface area contributed by atoms with E-state index in [1.165, 1.54) is 0 Å². The number of amides is 3. The summed E-state index contributed by atoms with van der Waals surface area (Å²) < 4.78 is 5.08. The van der Waals surface area contributed by atoms with Crippen LogP contribution < -0.4 is 20.5 Å². The highest BCUT2D eigenvalue weighted by atomic mass is 16.5. The fourth-order valence-corrected chi connectivity index (χ4v) is 2.88. The molecule has 0 spiro atoms. The molecule has 0 aromatic heterocycles. The Morgan fingerprint density at radius 1 is 1.11 bits per heavy atom. The zero-order valence-electron chi connectivity index (χ0n) is 15.0. The second kappa shape index (κ2) is 8.46. The molecule has 3 rings (SSSR count). The fraction of sp³-hybridized carbons (Fsp3) is 0.250. The Kier molecular flexibility index (Phi) is 5.83. The van der Waals surface area contributed by atoms with Crippen molar-refractivity contribution >= 4 is 23.4 Å². The lowest BCUT2D eigenvalue weighted by Gasteiger charge is -2.16. The molecule has 1 aliphatic heterocycles. The molecular weight excluding hydrogens is 346 g/mol. The van der Waals surface area contributed by atoms with Crippen LogP contribution in [-0.4, -0.2) is 30.9 Å². The number of anilines is 1. The minimum atomic E-state index is -0.778. The predicted molar refractivity (Wildman–Crippen MR) is 99.9 cm³/mol. The minimum absolute atomic E-state index is 0.0101. The van der Waals surface area contributed by atoms with Crippen LogP contribution in [0.4, 0.5) is 5.69 Å².